The summed E-state index contributed by atoms with van der Waals surface area (Å²) in [4.78, 5) is 0. The first-order chi connectivity index (χ1) is 11.1. The standard InChI is InChI=1S/C23H26/c1-14(2)18-10-9-15(3)23(18)19-11-12-21-20-8-6-5-7-17(20)13-22(21)16(19)4/h5-8,11-12,14,18H,9-10,13H2,1-4H3. The van der Waals surface area contributed by atoms with Crippen molar-refractivity contribution >= 4 is 5.57 Å². The van der Waals surface area contributed by atoms with Crippen LogP contribution in [0.15, 0.2) is 42.0 Å². The highest BCUT2D eigenvalue weighted by molar-refractivity contribution is 5.83. The second kappa shape index (κ2) is 5.37. The average Bonchev–Trinajstić information content (AvgIpc) is 3.09. The van der Waals surface area contributed by atoms with Crippen LogP contribution in [0.1, 0.15) is 55.9 Å². The van der Waals surface area contributed by atoms with Crippen LogP contribution in [0.3, 0.4) is 0 Å². The van der Waals surface area contributed by atoms with Gasteiger partial charge in [-0.15, -0.1) is 0 Å². The summed E-state index contributed by atoms with van der Waals surface area (Å²) in [5, 5.41) is 0. The van der Waals surface area contributed by atoms with Crippen molar-refractivity contribution < 1.29 is 0 Å². The second-order valence-corrected chi connectivity index (χ2v) is 7.68. The van der Waals surface area contributed by atoms with Gasteiger partial charge in [-0.05, 0) is 83.9 Å². The van der Waals surface area contributed by atoms with E-state index in [0.29, 0.717) is 0 Å². The Morgan fingerprint density at radius 3 is 2.43 bits per heavy atom. The first-order valence-electron chi connectivity index (χ1n) is 8.98. The van der Waals surface area contributed by atoms with Crippen molar-refractivity contribution in [1.82, 2.24) is 0 Å². The monoisotopic (exact) mass is 302 g/mol. The van der Waals surface area contributed by atoms with E-state index in [4.69, 9.17) is 0 Å². The van der Waals surface area contributed by atoms with Crippen LogP contribution in [0.2, 0.25) is 0 Å². The fourth-order valence-corrected chi connectivity index (χ4v) is 4.72. The molecule has 2 aliphatic rings. The smallest absolute Gasteiger partial charge is 0.00106 e. The Morgan fingerprint density at radius 2 is 1.65 bits per heavy atom. The lowest BCUT2D eigenvalue weighted by atomic mass is 9.82. The molecule has 0 heterocycles. The van der Waals surface area contributed by atoms with Gasteiger partial charge in [-0.1, -0.05) is 55.8 Å². The molecule has 0 saturated heterocycles. The van der Waals surface area contributed by atoms with Crippen LogP contribution in [-0.4, -0.2) is 0 Å². The average molecular weight is 302 g/mol. The normalized spacial score (nSPS) is 19.4. The summed E-state index contributed by atoms with van der Waals surface area (Å²) in [5.41, 5.74) is 12.2. The maximum atomic E-state index is 2.40. The third-order valence-electron chi connectivity index (χ3n) is 6.03. The van der Waals surface area contributed by atoms with Gasteiger partial charge in [0, 0.05) is 0 Å². The molecule has 2 aliphatic carbocycles. The quantitative estimate of drug-likeness (QED) is 0.513. The van der Waals surface area contributed by atoms with Gasteiger partial charge in [0.05, 0.1) is 0 Å². The molecule has 118 valence electrons. The zero-order valence-corrected chi connectivity index (χ0v) is 14.7. The third-order valence-corrected chi connectivity index (χ3v) is 6.03. The lowest BCUT2D eigenvalue weighted by Gasteiger charge is -2.22. The van der Waals surface area contributed by atoms with Crippen molar-refractivity contribution in [3.05, 3.63) is 64.2 Å². The molecule has 0 aliphatic heterocycles. The number of hydrogen-bond acceptors (Lipinski definition) is 0. The molecule has 1 atom stereocenters. The fraction of sp³-hybridized carbons (Fsp3) is 0.391. The third kappa shape index (κ3) is 2.19. The van der Waals surface area contributed by atoms with Crippen LogP contribution in [0.5, 0.6) is 0 Å². The lowest BCUT2D eigenvalue weighted by Crippen LogP contribution is -2.09. The molecule has 0 bridgehead atoms. The molecule has 0 fully saturated rings. The van der Waals surface area contributed by atoms with Gasteiger partial charge in [-0.3, -0.25) is 0 Å². The molecule has 0 spiro atoms. The van der Waals surface area contributed by atoms with E-state index >= 15 is 0 Å². The highest BCUT2D eigenvalue weighted by atomic mass is 14.3. The molecule has 23 heavy (non-hydrogen) atoms. The molecule has 1 unspecified atom stereocenters. The van der Waals surface area contributed by atoms with Crippen LogP contribution < -0.4 is 0 Å². The van der Waals surface area contributed by atoms with Gasteiger partial charge < -0.3 is 0 Å². The molecular formula is C23H26. The van der Waals surface area contributed by atoms with Crippen molar-refractivity contribution in [2.24, 2.45) is 11.8 Å². The molecule has 2 aromatic rings. The largest absolute Gasteiger partial charge is 0.0692 e. The van der Waals surface area contributed by atoms with Crippen LogP contribution in [-0.2, 0) is 6.42 Å². The van der Waals surface area contributed by atoms with Crippen molar-refractivity contribution in [3.8, 4) is 11.1 Å². The predicted octanol–water partition coefficient (Wildman–Crippen LogP) is 6.41. The zero-order chi connectivity index (χ0) is 16.1. The summed E-state index contributed by atoms with van der Waals surface area (Å²) in [6, 6.07) is 13.7. The Kier molecular flexibility index (Phi) is 3.44. The van der Waals surface area contributed by atoms with Crippen LogP contribution in [0.25, 0.3) is 16.7 Å². The number of fused-ring (bicyclic) bond motifs is 3. The fourth-order valence-electron chi connectivity index (χ4n) is 4.72. The second-order valence-electron chi connectivity index (χ2n) is 7.68. The SMILES string of the molecule is CC1=C(c2ccc3c(c2C)Cc2ccccc2-3)C(C(C)C)CC1. The molecule has 0 radical (unpaired) electrons. The molecule has 0 nitrogen and oxygen atoms in total. The number of hydrogen-bond donors (Lipinski definition) is 0. The Hall–Kier alpha value is -1.82. The lowest BCUT2D eigenvalue weighted by molar-refractivity contribution is 0.469. The summed E-state index contributed by atoms with van der Waals surface area (Å²) in [5.74, 6) is 1.46. The van der Waals surface area contributed by atoms with Crippen LogP contribution in [0, 0.1) is 18.8 Å². The number of benzene rings is 2. The molecule has 0 N–H and O–H groups in total. The minimum absolute atomic E-state index is 0.729. The number of rotatable bonds is 2. The van der Waals surface area contributed by atoms with E-state index in [2.05, 4.69) is 64.1 Å². The van der Waals surface area contributed by atoms with Crippen LogP contribution >= 0.6 is 0 Å². The Morgan fingerprint density at radius 1 is 0.913 bits per heavy atom. The molecule has 0 heteroatoms. The predicted molar refractivity (Wildman–Crippen MR) is 99.6 cm³/mol. The Labute approximate surface area is 140 Å². The molecule has 4 rings (SSSR count). The molecule has 0 amide bonds. The van der Waals surface area contributed by atoms with E-state index in [0.717, 1.165) is 18.3 Å². The summed E-state index contributed by atoms with van der Waals surface area (Å²) in [6.45, 7) is 9.44. The van der Waals surface area contributed by atoms with E-state index in [-0.39, 0.29) is 0 Å². The maximum Gasteiger partial charge on any atom is -0.00106 e. The van der Waals surface area contributed by atoms with Crippen molar-refractivity contribution in [2.45, 2.75) is 47.0 Å². The summed E-state index contributed by atoms with van der Waals surface area (Å²) in [7, 11) is 0. The van der Waals surface area contributed by atoms with Gasteiger partial charge in [-0.2, -0.15) is 0 Å². The van der Waals surface area contributed by atoms with Gasteiger partial charge in [-0.25, -0.2) is 0 Å². The van der Waals surface area contributed by atoms with Crippen molar-refractivity contribution in [2.75, 3.05) is 0 Å². The molecular weight excluding hydrogens is 276 g/mol. The minimum atomic E-state index is 0.729. The van der Waals surface area contributed by atoms with Gasteiger partial charge in [0.1, 0.15) is 0 Å². The van der Waals surface area contributed by atoms with Gasteiger partial charge >= 0.3 is 0 Å². The van der Waals surface area contributed by atoms with E-state index in [1.54, 1.807) is 16.7 Å². The zero-order valence-electron chi connectivity index (χ0n) is 14.7. The van der Waals surface area contributed by atoms with Crippen molar-refractivity contribution in [3.63, 3.8) is 0 Å². The van der Waals surface area contributed by atoms with Gasteiger partial charge in [0.25, 0.3) is 0 Å². The molecule has 0 saturated carbocycles. The Bertz CT molecular complexity index is 805. The van der Waals surface area contributed by atoms with E-state index in [1.165, 1.54) is 40.7 Å². The maximum absolute atomic E-state index is 2.40. The first kappa shape index (κ1) is 14.8. The first-order valence-corrected chi connectivity index (χ1v) is 8.98. The topological polar surface area (TPSA) is 0 Å². The van der Waals surface area contributed by atoms with E-state index in [9.17, 15) is 0 Å². The van der Waals surface area contributed by atoms with Crippen LogP contribution in [0.4, 0.5) is 0 Å². The molecule has 0 aromatic heterocycles. The number of allylic oxidation sites excluding steroid dienone is 2. The summed E-state index contributed by atoms with van der Waals surface area (Å²) in [6.07, 6.45) is 3.70. The summed E-state index contributed by atoms with van der Waals surface area (Å²) >= 11 is 0. The highest BCUT2D eigenvalue weighted by Gasteiger charge is 2.29. The van der Waals surface area contributed by atoms with Gasteiger partial charge in [0.15, 0.2) is 0 Å². The van der Waals surface area contributed by atoms with Gasteiger partial charge in [0.2, 0.25) is 0 Å². The minimum Gasteiger partial charge on any atom is -0.0692 e. The summed E-state index contributed by atoms with van der Waals surface area (Å²) < 4.78 is 0. The van der Waals surface area contributed by atoms with E-state index in [1.807, 2.05) is 0 Å². The molecule has 2 aromatic carbocycles. The van der Waals surface area contributed by atoms with Crippen molar-refractivity contribution in [1.29, 1.82) is 0 Å². The Balaban J connectivity index is 1.85. The van der Waals surface area contributed by atoms with E-state index < -0.39 is 0 Å². The highest BCUT2D eigenvalue weighted by Crippen LogP contribution is 2.46.